The van der Waals surface area contributed by atoms with E-state index in [2.05, 4.69) is 10.3 Å². The third-order valence-corrected chi connectivity index (χ3v) is 2.99. The Labute approximate surface area is 99.7 Å². The van der Waals surface area contributed by atoms with E-state index >= 15 is 0 Å². The number of aromatic nitrogens is 1. The summed E-state index contributed by atoms with van der Waals surface area (Å²) in [7, 11) is 0. The minimum atomic E-state index is 0.0225. The highest BCUT2D eigenvalue weighted by Crippen LogP contribution is 2.08. The van der Waals surface area contributed by atoms with Crippen molar-refractivity contribution in [3.63, 3.8) is 0 Å². The second-order valence-corrected chi connectivity index (χ2v) is 4.73. The molecule has 0 aliphatic rings. The van der Waals surface area contributed by atoms with Crippen LogP contribution in [-0.4, -0.2) is 29.1 Å². The van der Waals surface area contributed by atoms with Gasteiger partial charge in [0.25, 0.3) is 0 Å². The van der Waals surface area contributed by atoms with Crippen LogP contribution in [-0.2, 0) is 11.2 Å². The van der Waals surface area contributed by atoms with Crippen LogP contribution >= 0.6 is 11.3 Å². The Morgan fingerprint density at radius 3 is 2.94 bits per heavy atom. The lowest BCUT2D eigenvalue weighted by Gasteiger charge is -2.03. The summed E-state index contributed by atoms with van der Waals surface area (Å²) < 4.78 is 0. The van der Waals surface area contributed by atoms with Gasteiger partial charge in [-0.2, -0.15) is 0 Å². The van der Waals surface area contributed by atoms with Crippen LogP contribution in [0.2, 0.25) is 0 Å². The van der Waals surface area contributed by atoms with Crippen LogP contribution in [0, 0.1) is 6.92 Å². The van der Waals surface area contributed by atoms with Gasteiger partial charge in [-0.3, -0.25) is 4.79 Å². The van der Waals surface area contributed by atoms with E-state index in [0.29, 0.717) is 13.0 Å². The summed E-state index contributed by atoms with van der Waals surface area (Å²) in [6.07, 6.45) is 3.04. The maximum absolute atomic E-state index is 11.5. The van der Waals surface area contributed by atoms with E-state index in [1.54, 1.807) is 11.3 Å². The minimum absolute atomic E-state index is 0.0225. The first-order valence-electron chi connectivity index (χ1n) is 5.51. The fourth-order valence-corrected chi connectivity index (χ4v) is 1.97. The number of aliphatic hydroxyl groups is 1. The summed E-state index contributed by atoms with van der Waals surface area (Å²) in [6, 6.07) is 0. The average Bonchev–Trinajstić information content (AvgIpc) is 2.63. The van der Waals surface area contributed by atoms with Crippen molar-refractivity contribution < 1.29 is 9.90 Å². The smallest absolute Gasteiger partial charge is 0.226 e. The zero-order valence-corrected chi connectivity index (χ0v) is 10.3. The van der Waals surface area contributed by atoms with Crippen molar-refractivity contribution in [2.24, 2.45) is 0 Å². The van der Waals surface area contributed by atoms with Crippen LogP contribution in [0.25, 0.3) is 0 Å². The summed E-state index contributed by atoms with van der Waals surface area (Å²) in [5.74, 6) is 0.0225. The van der Waals surface area contributed by atoms with Gasteiger partial charge < -0.3 is 10.4 Å². The molecule has 2 N–H and O–H groups in total. The molecular weight excluding hydrogens is 224 g/mol. The van der Waals surface area contributed by atoms with Crippen molar-refractivity contribution in [1.29, 1.82) is 0 Å². The number of rotatable bonds is 7. The van der Waals surface area contributed by atoms with Gasteiger partial charge in [0.05, 0.1) is 17.1 Å². The molecule has 90 valence electrons. The standard InChI is InChI=1S/C11H18N2O2S/c1-9-13-10(8-16-9)7-11(15)12-5-3-2-4-6-14/h8,14H,2-7H2,1H3,(H,12,15). The molecule has 1 aromatic rings. The molecule has 0 aliphatic carbocycles. The first-order valence-corrected chi connectivity index (χ1v) is 6.39. The van der Waals surface area contributed by atoms with E-state index in [-0.39, 0.29) is 12.5 Å². The molecule has 1 aromatic heterocycles. The number of aliphatic hydroxyl groups excluding tert-OH is 1. The van der Waals surface area contributed by atoms with E-state index in [0.717, 1.165) is 30.0 Å². The number of aryl methyl sites for hydroxylation is 1. The first-order chi connectivity index (χ1) is 7.72. The van der Waals surface area contributed by atoms with Crippen molar-refractivity contribution in [3.05, 3.63) is 16.1 Å². The fraction of sp³-hybridized carbons (Fsp3) is 0.636. The van der Waals surface area contributed by atoms with Crippen LogP contribution in [0.3, 0.4) is 0 Å². The van der Waals surface area contributed by atoms with Crippen LogP contribution in [0.15, 0.2) is 5.38 Å². The Morgan fingerprint density at radius 1 is 1.50 bits per heavy atom. The lowest BCUT2D eigenvalue weighted by atomic mass is 10.2. The van der Waals surface area contributed by atoms with Gasteiger partial charge in [0, 0.05) is 18.5 Å². The summed E-state index contributed by atoms with van der Waals surface area (Å²) in [5.41, 5.74) is 0.843. The van der Waals surface area contributed by atoms with Gasteiger partial charge in [-0.05, 0) is 26.2 Å². The van der Waals surface area contributed by atoms with Crippen LogP contribution in [0.1, 0.15) is 30.0 Å². The summed E-state index contributed by atoms with van der Waals surface area (Å²) in [4.78, 5) is 15.7. The minimum Gasteiger partial charge on any atom is -0.396 e. The number of amides is 1. The quantitative estimate of drug-likeness (QED) is 0.708. The Bertz CT molecular complexity index is 326. The topological polar surface area (TPSA) is 62.2 Å². The van der Waals surface area contributed by atoms with Crippen molar-refractivity contribution in [1.82, 2.24) is 10.3 Å². The Morgan fingerprint density at radius 2 is 2.31 bits per heavy atom. The number of unbranched alkanes of at least 4 members (excludes halogenated alkanes) is 2. The maximum atomic E-state index is 11.5. The van der Waals surface area contributed by atoms with Crippen molar-refractivity contribution in [2.75, 3.05) is 13.2 Å². The number of hydrogen-bond donors (Lipinski definition) is 2. The van der Waals surface area contributed by atoms with Gasteiger partial charge in [0.1, 0.15) is 0 Å². The predicted molar refractivity (Wildman–Crippen MR) is 64.5 cm³/mol. The van der Waals surface area contributed by atoms with Gasteiger partial charge in [-0.1, -0.05) is 0 Å². The third kappa shape index (κ3) is 5.23. The molecule has 1 heterocycles. The normalized spacial score (nSPS) is 10.4. The Hall–Kier alpha value is -0.940. The average molecular weight is 242 g/mol. The number of nitrogens with one attached hydrogen (secondary N) is 1. The van der Waals surface area contributed by atoms with E-state index in [1.165, 1.54) is 0 Å². The number of hydrogen-bond acceptors (Lipinski definition) is 4. The molecule has 0 atom stereocenters. The van der Waals surface area contributed by atoms with E-state index in [9.17, 15) is 4.79 Å². The molecule has 0 aliphatic heterocycles. The zero-order chi connectivity index (χ0) is 11.8. The molecule has 0 saturated carbocycles. The molecule has 5 heteroatoms. The monoisotopic (exact) mass is 242 g/mol. The predicted octanol–water partition coefficient (Wildman–Crippen LogP) is 1.27. The second kappa shape index (κ2) is 7.35. The highest BCUT2D eigenvalue weighted by Gasteiger charge is 2.05. The fourth-order valence-electron chi connectivity index (χ4n) is 1.36. The van der Waals surface area contributed by atoms with Gasteiger partial charge in [0.15, 0.2) is 0 Å². The molecule has 1 amide bonds. The van der Waals surface area contributed by atoms with Crippen molar-refractivity contribution in [2.45, 2.75) is 32.6 Å². The molecule has 0 fully saturated rings. The SMILES string of the molecule is Cc1nc(CC(=O)NCCCCCO)cs1. The lowest BCUT2D eigenvalue weighted by Crippen LogP contribution is -2.26. The van der Waals surface area contributed by atoms with E-state index < -0.39 is 0 Å². The summed E-state index contributed by atoms with van der Waals surface area (Å²) >= 11 is 1.56. The van der Waals surface area contributed by atoms with Crippen LogP contribution in [0.4, 0.5) is 0 Å². The molecule has 0 saturated heterocycles. The van der Waals surface area contributed by atoms with Crippen LogP contribution < -0.4 is 5.32 Å². The summed E-state index contributed by atoms with van der Waals surface area (Å²) in [6.45, 7) is 2.84. The largest absolute Gasteiger partial charge is 0.396 e. The van der Waals surface area contributed by atoms with Crippen LogP contribution in [0.5, 0.6) is 0 Å². The maximum Gasteiger partial charge on any atom is 0.226 e. The molecule has 4 nitrogen and oxygen atoms in total. The molecule has 0 bridgehead atoms. The number of thiazole rings is 1. The molecular formula is C11H18N2O2S. The van der Waals surface area contributed by atoms with Crippen molar-refractivity contribution in [3.8, 4) is 0 Å². The van der Waals surface area contributed by atoms with Gasteiger partial charge in [-0.15, -0.1) is 11.3 Å². The summed E-state index contributed by atoms with van der Waals surface area (Å²) in [5, 5.41) is 14.3. The second-order valence-electron chi connectivity index (χ2n) is 3.67. The zero-order valence-electron chi connectivity index (χ0n) is 9.53. The van der Waals surface area contributed by atoms with E-state index in [1.807, 2.05) is 12.3 Å². The molecule has 0 spiro atoms. The van der Waals surface area contributed by atoms with Gasteiger partial charge in [-0.25, -0.2) is 4.98 Å². The number of carbonyl (C=O) groups excluding carboxylic acids is 1. The lowest BCUT2D eigenvalue weighted by molar-refractivity contribution is -0.120. The highest BCUT2D eigenvalue weighted by molar-refractivity contribution is 7.09. The Balaban J connectivity index is 2.11. The third-order valence-electron chi connectivity index (χ3n) is 2.17. The molecule has 1 rings (SSSR count). The van der Waals surface area contributed by atoms with Gasteiger partial charge in [0.2, 0.25) is 5.91 Å². The number of carbonyl (C=O) groups is 1. The molecule has 0 radical (unpaired) electrons. The molecule has 0 aromatic carbocycles. The molecule has 0 unspecified atom stereocenters. The highest BCUT2D eigenvalue weighted by atomic mass is 32.1. The first kappa shape index (κ1) is 13.1. The van der Waals surface area contributed by atoms with Gasteiger partial charge >= 0.3 is 0 Å². The number of nitrogens with zero attached hydrogens (tertiary/aromatic N) is 1. The van der Waals surface area contributed by atoms with E-state index in [4.69, 9.17) is 5.11 Å². The van der Waals surface area contributed by atoms with Crippen molar-refractivity contribution >= 4 is 17.2 Å². The Kier molecular flexibility index (Phi) is 6.03. The molecule has 16 heavy (non-hydrogen) atoms.